The van der Waals surface area contributed by atoms with Gasteiger partial charge in [0, 0.05) is 37.6 Å². The highest BCUT2D eigenvalue weighted by Gasteiger charge is 2.16. The van der Waals surface area contributed by atoms with Gasteiger partial charge in [0.1, 0.15) is 22.9 Å². The summed E-state index contributed by atoms with van der Waals surface area (Å²) >= 11 is 0. The lowest BCUT2D eigenvalue weighted by atomic mass is 10.1. The van der Waals surface area contributed by atoms with Gasteiger partial charge in [-0.15, -0.1) is 0 Å². The Hall–Kier alpha value is -3.88. The number of hydrogen-bond donors (Lipinski definition) is 3. The molecule has 3 heterocycles. The summed E-state index contributed by atoms with van der Waals surface area (Å²) in [5, 5.41) is 19.2. The van der Waals surface area contributed by atoms with Crippen LogP contribution in [0.25, 0.3) is 0 Å². The maximum atomic E-state index is 12.5. The van der Waals surface area contributed by atoms with Crippen LogP contribution >= 0.6 is 0 Å². The first-order valence-corrected chi connectivity index (χ1v) is 10.0. The van der Waals surface area contributed by atoms with E-state index in [2.05, 4.69) is 25.7 Å². The molecule has 3 aromatic rings. The number of aromatic hydroxyl groups is 1. The number of carbonyl (C=O) groups is 2. The zero-order valence-corrected chi connectivity index (χ0v) is 17.1. The molecular weight excluding hydrogens is 398 g/mol. The monoisotopic (exact) mass is 421 g/mol. The fraction of sp³-hybridized carbons (Fsp3) is 0.273. The third-order valence-electron chi connectivity index (χ3n) is 5.19. The molecule has 1 aromatic carbocycles. The molecular formula is C22H23N5O4. The third kappa shape index (κ3) is 4.66. The van der Waals surface area contributed by atoms with Crippen LogP contribution in [0.15, 0.2) is 47.2 Å². The predicted molar refractivity (Wildman–Crippen MR) is 114 cm³/mol. The average Bonchev–Trinajstić information content (AvgIpc) is 3.44. The first-order valence-electron chi connectivity index (χ1n) is 10.0. The van der Waals surface area contributed by atoms with Gasteiger partial charge >= 0.3 is 0 Å². The highest BCUT2D eigenvalue weighted by molar-refractivity contribution is 6.05. The summed E-state index contributed by atoms with van der Waals surface area (Å²) in [4.78, 5) is 31.4. The van der Waals surface area contributed by atoms with Gasteiger partial charge in [-0.3, -0.25) is 9.59 Å². The number of nitrogens with zero attached hydrogens (tertiary/aromatic N) is 3. The Balaban J connectivity index is 1.35. The molecule has 3 N–H and O–H groups in total. The van der Waals surface area contributed by atoms with Crippen LogP contribution in [0.5, 0.6) is 5.75 Å². The fourth-order valence-electron chi connectivity index (χ4n) is 3.45. The molecule has 1 fully saturated rings. The van der Waals surface area contributed by atoms with E-state index in [0.29, 0.717) is 17.0 Å². The summed E-state index contributed by atoms with van der Waals surface area (Å²) < 4.78 is 4.87. The van der Waals surface area contributed by atoms with Crippen molar-refractivity contribution in [1.82, 2.24) is 15.5 Å². The van der Waals surface area contributed by atoms with Gasteiger partial charge in [0.25, 0.3) is 11.8 Å². The van der Waals surface area contributed by atoms with Crippen molar-refractivity contribution in [2.45, 2.75) is 26.3 Å². The van der Waals surface area contributed by atoms with Gasteiger partial charge in [-0.05, 0) is 43.5 Å². The molecule has 0 bridgehead atoms. The van der Waals surface area contributed by atoms with Crippen LogP contribution in [0.1, 0.15) is 44.9 Å². The molecule has 0 unspecified atom stereocenters. The van der Waals surface area contributed by atoms with Crippen LogP contribution in [-0.4, -0.2) is 40.2 Å². The molecule has 0 saturated carbocycles. The average molecular weight is 421 g/mol. The Labute approximate surface area is 179 Å². The quantitative estimate of drug-likeness (QED) is 0.560. The Kier molecular flexibility index (Phi) is 5.83. The van der Waals surface area contributed by atoms with Gasteiger partial charge in [-0.2, -0.15) is 0 Å². The summed E-state index contributed by atoms with van der Waals surface area (Å²) in [5.74, 6) is 0.263. The minimum absolute atomic E-state index is 0.112. The maximum Gasteiger partial charge on any atom is 0.260 e. The van der Waals surface area contributed by atoms with Gasteiger partial charge in [-0.1, -0.05) is 11.2 Å². The van der Waals surface area contributed by atoms with E-state index in [0.717, 1.165) is 24.5 Å². The summed E-state index contributed by atoms with van der Waals surface area (Å²) in [7, 11) is 0. The summed E-state index contributed by atoms with van der Waals surface area (Å²) in [6.07, 6.45) is 5.44. The van der Waals surface area contributed by atoms with Crippen molar-refractivity contribution in [3.8, 4) is 5.75 Å². The molecule has 2 amide bonds. The van der Waals surface area contributed by atoms with Crippen molar-refractivity contribution < 1.29 is 19.2 Å². The number of amides is 2. The molecule has 31 heavy (non-hydrogen) atoms. The van der Waals surface area contributed by atoms with Crippen molar-refractivity contribution in [3.05, 3.63) is 65.2 Å². The minimum atomic E-state index is -0.422. The Morgan fingerprint density at radius 1 is 1.10 bits per heavy atom. The van der Waals surface area contributed by atoms with Crippen molar-refractivity contribution >= 4 is 23.3 Å². The van der Waals surface area contributed by atoms with E-state index >= 15 is 0 Å². The lowest BCUT2D eigenvalue weighted by Gasteiger charge is -2.16. The second-order valence-electron chi connectivity index (χ2n) is 7.38. The zero-order chi connectivity index (χ0) is 21.8. The molecule has 4 rings (SSSR count). The minimum Gasteiger partial charge on any atom is -0.507 e. The van der Waals surface area contributed by atoms with Crippen LogP contribution in [0.3, 0.4) is 0 Å². The smallest absolute Gasteiger partial charge is 0.260 e. The molecule has 0 radical (unpaired) electrons. The van der Waals surface area contributed by atoms with Gasteiger partial charge in [0.15, 0.2) is 0 Å². The molecule has 1 saturated heterocycles. The summed E-state index contributed by atoms with van der Waals surface area (Å²) in [5.41, 5.74) is 1.62. The molecule has 160 valence electrons. The van der Waals surface area contributed by atoms with Crippen LogP contribution in [0, 0.1) is 6.92 Å². The van der Waals surface area contributed by atoms with E-state index < -0.39 is 11.8 Å². The normalized spacial score (nSPS) is 13.3. The molecule has 0 spiro atoms. The Morgan fingerprint density at radius 2 is 1.90 bits per heavy atom. The van der Waals surface area contributed by atoms with Crippen LogP contribution < -0.4 is 15.5 Å². The first-order chi connectivity index (χ1) is 15.0. The van der Waals surface area contributed by atoms with E-state index in [1.54, 1.807) is 19.2 Å². The lowest BCUT2D eigenvalue weighted by Crippen LogP contribution is -2.23. The largest absolute Gasteiger partial charge is 0.507 e. The number of anilines is 2. The van der Waals surface area contributed by atoms with Gasteiger partial charge < -0.3 is 25.2 Å². The molecule has 1 aliphatic heterocycles. The van der Waals surface area contributed by atoms with E-state index in [-0.39, 0.29) is 17.9 Å². The molecule has 2 aromatic heterocycles. The van der Waals surface area contributed by atoms with Crippen LogP contribution in [0.4, 0.5) is 11.5 Å². The van der Waals surface area contributed by atoms with Crippen molar-refractivity contribution in [3.63, 3.8) is 0 Å². The topological polar surface area (TPSA) is 121 Å². The molecule has 0 aliphatic carbocycles. The molecule has 1 aliphatic rings. The summed E-state index contributed by atoms with van der Waals surface area (Å²) in [6.45, 7) is 3.97. The zero-order valence-electron chi connectivity index (χ0n) is 17.1. The van der Waals surface area contributed by atoms with Gasteiger partial charge in [-0.25, -0.2) is 4.98 Å². The SMILES string of the molecule is Cc1oncc1C(=O)Nc1ccc(C(=O)NCc2ccc(N3CCCC3)nc2)c(O)c1. The number of rotatable bonds is 6. The van der Waals surface area contributed by atoms with E-state index in [9.17, 15) is 14.7 Å². The van der Waals surface area contributed by atoms with E-state index in [1.807, 2.05) is 12.1 Å². The molecule has 9 heteroatoms. The van der Waals surface area contributed by atoms with Crippen molar-refractivity contribution in [2.75, 3.05) is 23.3 Å². The highest BCUT2D eigenvalue weighted by Crippen LogP contribution is 2.23. The van der Waals surface area contributed by atoms with Gasteiger partial charge in [0.2, 0.25) is 0 Å². The third-order valence-corrected chi connectivity index (χ3v) is 5.19. The second kappa shape index (κ2) is 8.86. The number of benzene rings is 1. The number of phenols is 1. The number of aryl methyl sites for hydroxylation is 1. The molecule has 0 atom stereocenters. The lowest BCUT2D eigenvalue weighted by molar-refractivity contribution is 0.0947. The second-order valence-corrected chi connectivity index (χ2v) is 7.38. The summed E-state index contributed by atoms with van der Waals surface area (Å²) in [6, 6.07) is 8.21. The number of aromatic nitrogens is 2. The van der Waals surface area contributed by atoms with Crippen molar-refractivity contribution in [2.24, 2.45) is 0 Å². The number of nitrogens with one attached hydrogen (secondary N) is 2. The van der Waals surface area contributed by atoms with Crippen LogP contribution in [0.2, 0.25) is 0 Å². The number of pyridine rings is 1. The molecule has 9 nitrogen and oxygen atoms in total. The van der Waals surface area contributed by atoms with E-state index in [1.165, 1.54) is 31.2 Å². The van der Waals surface area contributed by atoms with Gasteiger partial charge in [0.05, 0.1) is 11.8 Å². The first kappa shape index (κ1) is 20.4. The predicted octanol–water partition coefficient (Wildman–Crippen LogP) is 2.87. The fourth-order valence-corrected chi connectivity index (χ4v) is 3.45. The van der Waals surface area contributed by atoms with E-state index in [4.69, 9.17) is 4.52 Å². The Morgan fingerprint density at radius 3 is 2.55 bits per heavy atom. The number of phenolic OH excluding ortho intramolecular Hbond substituents is 1. The maximum absolute atomic E-state index is 12.5. The van der Waals surface area contributed by atoms with Crippen molar-refractivity contribution in [1.29, 1.82) is 0 Å². The number of hydrogen-bond acceptors (Lipinski definition) is 7. The van der Waals surface area contributed by atoms with Crippen LogP contribution in [-0.2, 0) is 6.54 Å². The Bertz CT molecular complexity index is 1090. The highest BCUT2D eigenvalue weighted by atomic mass is 16.5. The standard InChI is InChI=1S/C22H23N5O4/c1-14-18(13-25-31-14)22(30)26-16-5-6-17(19(28)10-16)21(29)24-12-15-4-7-20(23-11-15)27-8-2-3-9-27/h4-7,10-11,13,28H,2-3,8-9,12H2,1H3,(H,24,29)(H,26,30). The number of carbonyl (C=O) groups excluding carboxylic acids is 2.